The van der Waals surface area contributed by atoms with Crippen molar-refractivity contribution >= 4 is 34.6 Å². The number of para-hydroxylation sites is 2. The average molecular weight is 454 g/mol. The standard InChI is InChI=1S/C25H28ClN3O3/c1-3-13-32-24-19(26)14-17(15-22(24)31-2)10-11-23(30)29-12-6-7-18(16-29)25-27-20-8-4-5-9-21(20)28-25/h4-5,8-11,14-15,18H,3,6-7,12-13,16H2,1-2H3,(H,27,28)/b11-10+. The first-order valence-corrected chi connectivity index (χ1v) is 11.4. The van der Waals surface area contributed by atoms with Crippen LogP contribution in [-0.2, 0) is 4.79 Å². The number of nitrogens with one attached hydrogen (secondary N) is 1. The van der Waals surface area contributed by atoms with E-state index < -0.39 is 0 Å². The Bertz CT molecular complexity index is 1090. The summed E-state index contributed by atoms with van der Waals surface area (Å²) in [5.74, 6) is 2.22. The molecule has 1 amide bonds. The van der Waals surface area contributed by atoms with E-state index in [1.807, 2.05) is 42.2 Å². The van der Waals surface area contributed by atoms with Crippen molar-refractivity contribution in [3.05, 3.63) is 58.9 Å². The summed E-state index contributed by atoms with van der Waals surface area (Å²) < 4.78 is 11.1. The van der Waals surface area contributed by atoms with Crippen molar-refractivity contribution in [1.29, 1.82) is 0 Å². The van der Waals surface area contributed by atoms with Gasteiger partial charge in [-0.15, -0.1) is 0 Å². The molecular weight excluding hydrogens is 426 g/mol. The van der Waals surface area contributed by atoms with Crippen LogP contribution in [0.1, 0.15) is 43.5 Å². The minimum absolute atomic E-state index is 0.0211. The lowest BCUT2D eigenvalue weighted by molar-refractivity contribution is -0.127. The number of amides is 1. The number of carbonyl (C=O) groups excluding carboxylic acids is 1. The van der Waals surface area contributed by atoms with Gasteiger partial charge in [-0.1, -0.05) is 30.7 Å². The minimum atomic E-state index is -0.0211. The van der Waals surface area contributed by atoms with Crippen LogP contribution in [0.4, 0.5) is 0 Å². The Morgan fingerprint density at radius 1 is 1.34 bits per heavy atom. The maximum Gasteiger partial charge on any atom is 0.246 e. The third-order valence-electron chi connectivity index (χ3n) is 5.65. The molecule has 1 aliphatic heterocycles. The highest BCUT2D eigenvalue weighted by Crippen LogP contribution is 2.37. The second kappa shape index (κ2) is 10.1. The van der Waals surface area contributed by atoms with Gasteiger partial charge in [0.1, 0.15) is 5.82 Å². The number of likely N-dealkylation sites (tertiary alicyclic amines) is 1. The molecule has 1 fully saturated rings. The Kier molecular flexibility index (Phi) is 7.00. The molecule has 3 aromatic rings. The zero-order valence-electron chi connectivity index (χ0n) is 18.4. The topological polar surface area (TPSA) is 67.5 Å². The minimum Gasteiger partial charge on any atom is -0.493 e. The molecule has 1 unspecified atom stereocenters. The second-order valence-corrected chi connectivity index (χ2v) is 8.39. The molecule has 1 aromatic heterocycles. The fourth-order valence-corrected chi connectivity index (χ4v) is 4.29. The summed E-state index contributed by atoms with van der Waals surface area (Å²) in [5.41, 5.74) is 2.78. The van der Waals surface area contributed by atoms with Gasteiger partial charge in [0.25, 0.3) is 0 Å². The highest BCUT2D eigenvalue weighted by molar-refractivity contribution is 6.32. The van der Waals surface area contributed by atoms with Crippen molar-refractivity contribution in [2.24, 2.45) is 0 Å². The molecule has 0 spiro atoms. The van der Waals surface area contributed by atoms with Crippen molar-refractivity contribution in [3.63, 3.8) is 0 Å². The van der Waals surface area contributed by atoms with E-state index in [0.717, 1.165) is 48.2 Å². The Morgan fingerprint density at radius 3 is 2.97 bits per heavy atom. The number of hydrogen-bond donors (Lipinski definition) is 1. The predicted molar refractivity (Wildman–Crippen MR) is 127 cm³/mol. The molecule has 0 saturated carbocycles. The first-order valence-electron chi connectivity index (χ1n) is 11.0. The number of nitrogens with zero attached hydrogens (tertiary/aromatic N) is 2. The van der Waals surface area contributed by atoms with E-state index in [1.54, 1.807) is 25.3 Å². The number of imidazole rings is 1. The Balaban J connectivity index is 1.45. The van der Waals surface area contributed by atoms with Gasteiger partial charge >= 0.3 is 0 Å². The van der Waals surface area contributed by atoms with Crippen molar-refractivity contribution in [2.75, 3.05) is 26.8 Å². The van der Waals surface area contributed by atoms with Crippen LogP contribution >= 0.6 is 11.6 Å². The van der Waals surface area contributed by atoms with Crippen molar-refractivity contribution in [3.8, 4) is 11.5 Å². The summed E-state index contributed by atoms with van der Waals surface area (Å²) in [7, 11) is 1.58. The van der Waals surface area contributed by atoms with E-state index in [-0.39, 0.29) is 11.8 Å². The zero-order chi connectivity index (χ0) is 22.5. The van der Waals surface area contributed by atoms with Gasteiger partial charge in [-0.05, 0) is 55.2 Å². The molecule has 32 heavy (non-hydrogen) atoms. The van der Waals surface area contributed by atoms with Crippen LogP contribution in [0, 0.1) is 0 Å². The number of ether oxygens (including phenoxy) is 2. The third-order valence-corrected chi connectivity index (χ3v) is 5.93. The van der Waals surface area contributed by atoms with Gasteiger partial charge < -0.3 is 19.4 Å². The van der Waals surface area contributed by atoms with E-state index in [1.165, 1.54) is 0 Å². The van der Waals surface area contributed by atoms with Crippen LogP contribution in [0.3, 0.4) is 0 Å². The number of carbonyl (C=O) groups is 1. The van der Waals surface area contributed by atoms with Crippen molar-refractivity contribution < 1.29 is 14.3 Å². The van der Waals surface area contributed by atoms with Crippen LogP contribution in [-0.4, -0.2) is 47.6 Å². The third kappa shape index (κ3) is 4.91. The summed E-state index contributed by atoms with van der Waals surface area (Å²) in [5, 5.41) is 0.466. The summed E-state index contributed by atoms with van der Waals surface area (Å²) in [6.45, 7) is 3.98. The molecule has 168 valence electrons. The van der Waals surface area contributed by atoms with E-state index >= 15 is 0 Å². The maximum atomic E-state index is 12.9. The van der Waals surface area contributed by atoms with Crippen LogP contribution in [0.5, 0.6) is 11.5 Å². The smallest absolute Gasteiger partial charge is 0.246 e. The summed E-state index contributed by atoms with van der Waals surface area (Å²) in [4.78, 5) is 22.9. The highest BCUT2D eigenvalue weighted by Gasteiger charge is 2.26. The number of rotatable bonds is 7. The molecule has 7 heteroatoms. The van der Waals surface area contributed by atoms with Crippen molar-refractivity contribution in [1.82, 2.24) is 14.9 Å². The molecular formula is C25H28ClN3O3. The van der Waals surface area contributed by atoms with Gasteiger partial charge in [0.2, 0.25) is 5.91 Å². The van der Waals surface area contributed by atoms with E-state index in [9.17, 15) is 4.79 Å². The van der Waals surface area contributed by atoms with Gasteiger partial charge in [-0.25, -0.2) is 4.98 Å². The maximum absolute atomic E-state index is 12.9. The summed E-state index contributed by atoms with van der Waals surface area (Å²) >= 11 is 6.39. The second-order valence-electron chi connectivity index (χ2n) is 7.98. The van der Waals surface area contributed by atoms with Gasteiger partial charge in [0.15, 0.2) is 11.5 Å². The fourth-order valence-electron chi connectivity index (χ4n) is 4.02. The summed E-state index contributed by atoms with van der Waals surface area (Å²) in [6, 6.07) is 11.6. The lowest BCUT2D eigenvalue weighted by atomic mass is 9.97. The van der Waals surface area contributed by atoms with E-state index in [4.69, 9.17) is 26.1 Å². The number of aromatic amines is 1. The van der Waals surface area contributed by atoms with Gasteiger partial charge in [0.05, 0.1) is 29.8 Å². The molecule has 1 N–H and O–H groups in total. The number of piperidine rings is 1. The number of halogens is 1. The van der Waals surface area contributed by atoms with Gasteiger partial charge in [-0.3, -0.25) is 4.79 Å². The normalized spacial score (nSPS) is 16.6. The number of H-pyrrole nitrogens is 1. The largest absolute Gasteiger partial charge is 0.493 e. The predicted octanol–water partition coefficient (Wildman–Crippen LogP) is 5.43. The number of methoxy groups -OCH3 is 1. The molecule has 2 aromatic carbocycles. The van der Waals surface area contributed by atoms with Crippen LogP contribution in [0.25, 0.3) is 17.1 Å². The number of aromatic nitrogens is 2. The fraction of sp³-hybridized carbons (Fsp3) is 0.360. The number of benzene rings is 2. The first kappa shape index (κ1) is 22.2. The van der Waals surface area contributed by atoms with Crippen molar-refractivity contribution in [2.45, 2.75) is 32.1 Å². The SMILES string of the molecule is CCCOc1c(Cl)cc(/C=C/C(=O)N2CCCC(c3nc4ccccc4[nH]3)C2)cc1OC. The van der Waals surface area contributed by atoms with Crippen LogP contribution < -0.4 is 9.47 Å². The van der Waals surface area contributed by atoms with Crippen LogP contribution in [0.15, 0.2) is 42.5 Å². The lowest BCUT2D eigenvalue weighted by Crippen LogP contribution is -2.38. The monoisotopic (exact) mass is 453 g/mol. The van der Waals surface area contributed by atoms with Gasteiger partial charge in [0, 0.05) is 25.1 Å². The average Bonchev–Trinajstić information content (AvgIpc) is 3.26. The quantitative estimate of drug-likeness (QED) is 0.484. The first-order chi connectivity index (χ1) is 15.6. The Hall–Kier alpha value is -2.99. The molecule has 0 radical (unpaired) electrons. The molecule has 6 nitrogen and oxygen atoms in total. The molecule has 1 atom stereocenters. The van der Waals surface area contributed by atoms with E-state index in [2.05, 4.69) is 4.98 Å². The Labute approximate surface area is 193 Å². The molecule has 4 rings (SSSR count). The molecule has 2 heterocycles. The molecule has 0 aliphatic carbocycles. The Morgan fingerprint density at radius 2 is 2.19 bits per heavy atom. The van der Waals surface area contributed by atoms with E-state index in [0.29, 0.717) is 29.7 Å². The zero-order valence-corrected chi connectivity index (χ0v) is 19.2. The molecule has 1 aliphatic rings. The van der Waals surface area contributed by atoms with Crippen LogP contribution in [0.2, 0.25) is 5.02 Å². The highest BCUT2D eigenvalue weighted by atomic mass is 35.5. The number of hydrogen-bond acceptors (Lipinski definition) is 4. The van der Waals surface area contributed by atoms with Gasteiger partial charge in [-0.2, -0.15) is 0 Å². The molecule has 1 saturated heterocycles. The molecule has 0 bridgehead atoms. The summed E-state index contributed by atoms with van der Waals surface area (Å²) in [6.07, 6.45) is 6.20. The lowest BCUT2D eigenvalue weighted by Gasteiger charge is -2.31. The number of fused-ring (bicyclic) bond motifs is 1.